The molecule has 4 rings (SSSR count). The molecular weight excluding hydrogens is 318 g/mol. The third-order valence-electron chi connectivity index (χ3n) is 3.80. The van der Waals surface area contributed by atoms with Crippen molar-refractivity contribution in [3.05, 3.63) is 84.0 Å². The minimum Gasteiger partial charge on any atom is -0.469 e. The van der Waals surface area contributed by atoms with Gasteiger partial charge < -0.3 is 9.73 Å². The summed E-state index contributed by atoms with van der Waals surface area (Å²) in [6, 6.07) is 12.8. The topological polar surface area (TPSA) is 85.3 Å². The van der Waals surface area contributed by atoms with Crippen molar-refractivity contribution in [2.24, 2.45) is 0 Å². The Labute approximate surface area is 143 Å². The quantitative estimate of drug-likeness (QED) is 0.605. The number of hydrogen-bond donors (Lipinski definition) is 1. The van der Waals surface area contributed by atoms with Gasteiger partial charge in [0.15, 0.2) is 5.65 Å². The molecule has 0 aliphatic rings. The first-order chi connectivity index (χ1) is 12.3. The highest BCUT2D eigenvalue weighted by Crippen LogP contribution is 2.12. The van der Waals surface area contributed by atoms with Gasteiger partial charge in [-0.15, -0.1) is 10.2 Å². The molecule has 7 nitrogen and oxygen atoms in total. The molecule has 0 bridgehead atoms. The SMILES string of the molecule is O=C(NCc1ccccn1)c1ccc2nnc(Cc3ccco3)n2c1. The second kappa shape index (κ2) is 6.56. The van der Waals surface area contributed by atoms with Gasteiger partial charge in [0, 0.05) is 12.4 Å². The first-order valence-corrected chi connectivity index (χ1v) is 7.84. The molecule has 0 atom stereocenters. The van der Waals surface area contributed by atoms with E-state index in [1.165, 1.54) is 0 Å². The largest absolute Gasteiger partial charge is 0.469 e. The number of hydrogen-bond acceptors (Lipinski definition) is 5. The van der Waals surface area contributed by atoms with E-state index in [0.29, 0.717) is 30.0 Å². The van der Waals surface area contributed by atoms with E-state index in [9.17, 15) is 4.79 Å². The summed E-state index contributed by atoms with van der Waals surface area (Å²) in [6.45, 7) is 0.374. The molecule has 0 saturated heterocycles. The molecule has 0 aliphatic carbocycles. The third kappa shape index (κ3) is 3.25. The predicted octanol–water partition coefficient (Wildman–Crippen LogP) is 2.24. The maximum absolute atomic E-state index is 12.4. The number of furan rings is 1. The lowest BCUT2D eigenvalue weighted by Gasteiger charge is -2.06. The highest BCUT2D eigenvalue weighted by atomic mass is 16.3. The Morgan fingerprint density at radius 3 is 2.88 bits per heavy atom. The lowest BCUT2D eigenvalue weighted by atomic mass is 10.2. The normalized spacial score (nSPS) is 10.9. The molecule has 0 unspecified atom stereocenters. The number of carbonyl (C=O) groups excluding carboxylic acids is 1. The van der Waals surface area contributed by atoms with E-state index in [0.717, 1.165) is 11.5 Å². The van der Waals surface area contributed by atoms with E-state index >= 15 is 0 Å². The monoisotopic (exact) mass is 333 g/mol. The van der Waals surface area contributed by atoms with Crippen LogP contribution in [0.4, 0.5) is 0 Å². The van der Waals surface area contributed by atoms with Crippen LogP contribution in [0.15, 0.2) is 65.5 Å². The number of fused-ring (bicyclic) bond motifs is 1. The Hall–Kier alpha value is -3.48. The van der Waals surface area contributed by atoms with Gasteiger partial charge in [-0.05, 0) is 36.4 Å². The lowest BCUT2D eigenvalue weighted by molar-refractivity contribution is 0.0950. The van der Waals surface area contributed by atoms with Crippen LogP contribution in [0.25, 0.3) is 5.65 Å². The number of aromatic nitrogens is 4. The van der Waals surface area contributed by atoms with Gasteiger partial charge in [0.05, 0.1) is 30.5 Å². The fourth-order valence-corrected chi connectivity index (χ4v) is 2.54. The van der Waals surface area contributed by atoms with Crippen molar-refractivity contribution in [1.82, 2.24) is 24.9 Å². The standard InChI is InChI=1S/C18H15N5O2/c24-18(20-11-14-4-1-2-8-19-14)13-6-7-16-21-22-17(23(16)12-13)10-15-5-3-9-25-15/h1-9,12H,10-11H2,(H,20,24). The van der Waals surface area contributed by atoms with Gasteiger partial charge in [-0.2, -0.15) is 0 Å². The molecule has 0 aliphatic heterocycles. The van der Waals surface area contributed by atoms with Gasteiger partial charge in [-0.3, -0.25) is 14.2 Å². The molecule has 7 heteroatoms. The Kier molecular flexibility index (Phi) is 3.96. The first-order valence-electron chi connectivity index (χ1n) is 7.84. The van der Waals surface area contributed by atoms with E-state index in [2.05, 4.69) is 20.5 Å². The van der Waals surface area contributed by atoms with Gasteiger partial charge in [0.2, 0.25) is 0 Å². The van der Waals surface area contributed by atoms with Crippen LogP contribution < -0.4 is 5.32 Å². The maximum Gasteiger partial charge on any atom is 0.253 e. The van der Waals surface area contributed by atoms with Gasteiger partial charge >= 0.3 is 0 Å². The van der Waals surface area contributed by atoms with Crippen LogP contribution in [0.1, 0.15) is 27.6 Å². The molecule has 0 fully saturated rings. The second-order valence-electron chi connectivity index (χ2n) is 5.52. The smallest absolute Gasteiger partial charge is 0.253 e. The van der Waals surface area contributed by atoms with E-state index in [-0.39, 0.29) is 5.91 Å². The molecular formula is C18H15N5O2. The summed E-state index contributed by atoms with van der Waals surface area (Å²) >= 11 is 0. The molecule has 4 aromatic heterocycles. The van der Waals surface area contributed by atoms with Gasteiger partial charge in [0.1, 0.15) is 11.6 Å². The zero-order chi connectivity index (χ0) is 17.1. The van der Waals surface area contributed by atoms with Crippen molar-refractivity contribution < 1.29 is 9.21 Å². The maximum atomic E-state index is 12.4. The minimum absolute atomic E-state index is 0.176. The van der Waals surface area contributed by atoms with E-state index < -0.39 is 0 Å². The average Bonchev–Trinajstić information content (AvgIpc) is 3.31. The molecule has 4 aromatic rings. The Morgan fingerprint density at radius 1 is 1.12 bits per heavy atom. The van der Waals surface area contributed by atoms with E-state index in [4.69, 9.17) is 4.42 Å². The van der Waals surface area contributed by atoms with Crippen LogP contribution in [0.2, 0.25) is 0 Å². The van der Waals surface area contributed by atoms with Crippen LogP contribution in [0.5, 0.6) is 0 Å². The first kappa shape index (κ1) is 15.1. The number of carbonyl (C=O) groups is 1. The van der Waals surface area contributed by atoms with Crippen molar-refractivity contribution in [1.29, 1.82) is 0 Å². The summed E-state index contributed by atoms with van der Waals surface area (Å²) in [7, 11) is 0. The van der Waals surface area contributed by atoms with Crippen molar-refractivity contribution in [3.8, 4) is 0 Å². The van der Waals surface area contributed by atoms with Crippen LogP contribution in [0, 0.1) is 0 Å². The minimum atomic E-state index is -0.176. The number of pyridine rings is 2. The molecule has 25 heavy (non-hydrogen) atoms. The van der Waals surface area contributed by atoms with Gasteiger partial charge in [-0.25, -0.2) is 0 Å². The summed E-state index contributed by atoms with van der Waals surface area (Å²) in [5.41, 5.74) is 2.02. The van der Waals surface area contributed by atoms with Crippen molar-refractivity contribution in [2.45, 2.75) is 13.0 Å². The molecule has 1 amide bonds. The highest BCUT2D eigenvalue weighted by Gasteiger charge is 2.12. The van der Waals surface area contributed by atoms with Gasteiger partial charge in [0.25, 0.3) is 5.91 Å². The Bertz CT molecular complexity index is 993. The summed E-state index contributed by atoms with van der Waals surface area (Å²) in [5, 5.41) is 11.2. The molecule has 124 valence electrons. The molecule has 0 spiro atoms. The predicted molar refractivity (Wildman–Crippen MR) is 89.9 cm³/mol. The second-order valence-corrected chi connectivity index (χ2v) is 5.52. The van der Waals surface area contributed by atoms with Crippen LogP contribution in [-0.4, -0.2) is 25.5 Å². The average molecular weight is 333 g/mol. The van der Waals surface area contributed by atoms with Crippen LogP contribution in [-0.2, 0) is 13.0 Å². The number of nitrogens with zero attached hydrogens (tertiary/aromatic N) is 4. The fraction of sp³-hybridized carbons (Fsp3) is 0.111. The van der Waals surface area contributed by atoms with Crippen LogP contribution >= 0.6 is 0 Å². The lowest BCUT2D eigenvalue weighted by Crippen LogP contribution is -2.23. The third-order valence-corrected chi connectivity index (χ3v) is 3.80. The Morgan fingerprint density at radius 2 is 2.08 bits per heavy atom. The summed E-state index contributed by atoms with van der Waals surface area (Å²) in [4.78, 5) is 16.6. The number of nitrogens with one attached hydrogen (secondary N) is 1. The van der Waals surface area contributed by atoms with Crippen molar-refractivity contribution >= 4 is 11.6 Å². The molecule has 0 saturated carbocycles. The molecule has 4 heterocycles. The van der Waals surface area contributed by atoms with E-state index in [1.54, 1.807) is 35.2 Å². The van der Waals surface area contributed by atoms with Crippen molar-refractivity contribution in [3.63, 3.8) is 0 Å². The zero-order valence-corrected chi connectivity index (χ0v) is 13.3. The molecule has 0 radical (unpaired) electrons. The number of rotatable bonds is 5. The highest BCUT2D eigenvalue weighted by molar-refractivity contribution is 5.94. The summed E-state index contributed by atoms with van der Waals surface area (Å²) in [6.07, 6.45) is 5.56. The van der Waals surface area contributed by atoms with Gasteiger partial charge in [-0.1, -0.05) is 6.07 Å². The summed E-state index contributed by atoms with van der Waals surface area (Å²) < 4.78 is 7.16. The molecule has 1 N–H and O–H groups in total. The number of amides is 1. The van der Waals surface area contributed by atoms with Crippen LogP contribution in [0.3, 0.4) is 0 Å². The molecule has 0 aromatic carbocycles. The zero-order valence-electron chi connectivity index (χ0n) is 13.3. The van der Waals surface area contributed by atoms with Crippen molar-refractivity contribution in [2.75, 3.05) is 0 Å². The Balaban J connectivity index is 1.54. The summed E-state index contributed by atoms with van der Waals surface area (Å²) in [5.74, 6) is 1.33. The fourth-order valence-electron chi connectivity index (χ4n) is 2.54. The van der Waals surface area contributed by atoms with E-state index in [1.807, 2.05) is 30.3 Å².